The topological polar surface area (TPSA) is 68.2 Å². The fourth-order valence-electron chi connectivity index (χ4n) is 2.57. The second kappa shape index (κ2) is 5.04. The third kappa shape index (κ3) is 2.23. The Balaban J connectivity index is 1.83. The number of hydrogen-bond donors (Lipinski definition) is 2. The van der Waals surface area contributed by atoms with Gasteiger partial charge in [-0.15, -0.1) is 10.2 Å². The van der Waals surface area contributed by atoms with Gasteiger partial charge in [-0.05, 0) is 37.1 Å². The molecule has 2 aromatic heterocycles. The molecule has 1 aliphatic rings. The minimum absolute atomic E-state index is 0.542. The number of nitrogens with two attached hydrogens (primary N) is 1. The molecule has 2 aromatic rings. The molecule has 1 saturated heterocycles. The number of piperidine rings is 1. The maximum Gasteiger partial charge on any atom is 0.161 e. The highest BCUT2D eigenvalue weighted by Crippen LogP contribution is 2.13. The van der Waals surface area contributed by atoms with Crippen molar-refractivity contribution >= 4 is 5.65 Å². The highest BCUT2D eigenvalue weighted by Gasteiger charge is 2.16. The molecule has 1 unspecified atom stereocenters. The molecule has 5 heteroatoms. The summed E-state index contributed by atoms with van der Waals surface area (Å²) < 4.78 is 2.06. The molecule has 0 amide bonds. The summed E-state index contributed by atoms with van der Waals surface area (Å²) in [6.07, 6.45) is 6.80. The van der Waals surface area contributed by atoms with Crippen molar-refractivity contribution in [1.29, 1.82) is 0 Å². The number of hydrogen-bond acceptors (Lipinski definition) is 4. The maximum absolute atomic E-state index is 5.63. The van der Waals surface area contributed by atoms with E-state index in [0.717, 1.165) is 30.0 Å². The Labute approximate surface area is 106 Å². The summed E-state index contributed by atoms with van der Waals surface area (Å²) in [5.74, 6) is 1.04. The van der Waals surface area contributed by atoms with E-state index >= 15 is 0 Å². The van der Waals surface area contributed by atoms with Gasteiger partial charge < -0.3 is 11.1 Å². The number of nitrogens with one attached hydrogen (secondary N) is 1. The van der Waals surface area contributed by atoms with Gasteiger partial charge in [0.2, 0.25) is 0 Å². The van der Waals surface area contributed by atoms with Gasteiger partial charge in [0.15, 0.2) is 5.65 Å². The SMILES string of the molecule is NCc1ccn2c(CC3CCCCN3)nnc2c1. The molecule has 0 bridgehead atoms. The zero-order valence-electron chi connectivity index (χ0n) is 10.5. The average Bonchev–Trinajstić information content (AvgIpc) is 2.82. The van der Waals surface area contributed by atoms with Crippen LogP contribution in [0.5, 0.6) is 0 Å². The van der Waals surface area contributed by atoms with E-state index in [1.54, 1.807) is 0 Å². The van der Waals surface area contributed by atoms with Crippen molar-refractivity contribution in [3.05, 3.63) is 29.7 Å². The monoisotopic (exact) mass is 245 g/mol. The summed E-state index contributed by atoms with van der Waals surface area (Å²) in [5, 5.41) is 12.1. The van der Waals surface area contributed by atoms with Crippen LogP contribution in [-0.4, -0.2) is 27.2 Å². The molecule has 0 radical (unpaired) electrons. The standard InChI is InChI=1S/C13H19N5/c14-9-10-4-6-18-12(7-10)16-17-13(18)8-11-3-1-2-5-15-11/h4,6-7,11,15H,1-3,5,8-9,14H2. The molecule has 3 rings (SSSR count). The summed E-state index contributed by atoms with van der Waals surface area (Å²) in [6, 6.07) is 4.58. The molecular weight excluding hydrogens is 226 g/mol. The Hall–Kier alpha value is -1.46. The van der Waals surface area contributed by atoms with Crippen molar-refractivity contribution in [3.63, 3.8) is 0 Å². The lowest BCUT2D eigenvalue weighted by Crippen LogP contribution is -2.36. The van der Waals surface area contributed by atoms with Gasteiger partial charge in [0, 0.05) is 25.2 Å². The van der Waals surface area contributed by atoms with Crippen LogP contribution < -0.4 is 11.1 Å². The van der Waals surface area contributed by atoms with Crippen molar-refractivity contribution in [2.45, 2.75) is 38.3 Å². The summed E-state index contributed by atoms with van der Waals surface area (Å²) in [4.78, 5) is 0. The number of pyridine rings is 1. The molecule has 0 aromatic carbocycles. The van der Waals surface area contributed by atoms with E-state index < -0.39 is 0 Å². The van der Waals surface area contributed by atoms with Crippen molar-refractivity contribution in [3.8, 4) is 0 Å². The lowest BCUT2D eigenvalue weighted by molar-refractivity contribution is 0.393. The Bertz CT molecular complexity index is 527. The number of rotatable bonds is 3. The summed E-state index contributed by atoms with van der Waals surface area (Å²) in [5.41, 5.74) is 7.62. The van der Waals surface area contributed by atoms with Crippen LogP contribution in [0.15, 0.2) is 18.3 Å². The Morgan fingerprint density at radius 2 is 2.33 bits per heavy atom. The summed E-state index contributed by atoms with van der Waals surface area (Å²) >= 11 is 0. The lowest BCUT2D eigenvalue weighted by Gasteiger charge is -2.22. The molecule has 1 aliphatic heterocycles. The van der Waals surface area contributed by atoms with E-state index in [1.807, 2.05) is 18.3 Å². The quantitative estimate of drug-likeness (QED) is 0.842. The van der Waals surface area contributed by atoms with E-state index in [1.165, 1.54) is 19.3 Å². The molecule has 0 saturated carbocycles. The number of aromatic nitrogens is 3. The fourth-order valence-corrected chi connectivity index (χ4v) is 2.57. The molecule has 96 valence electrons. The predicted molar refractivity (Wildman–Crippen MR) is 70.2 cm³/mol. The first-order valence-electron chi connectivity index (χ1n) is 6.63. The molecule has 0 spiro atoms. The van der Waals surface area contributed by atoms with Gasteiger partial charge in [0.25, 0.3) is 0 Å². The van der Waals surface area contributed by atoms with Crippen LogP contribution in [0.25, 0.3) is 5.65 Å². The molecule has 18 heavy (non-hydrogen) atoms. The second-order valence-electron chi connectivity index (χ2n) is 4.93. The van der Waals surface area contributed by atoms with Crippen LogP contribution in [-0.2, 0) is 13.0 Å². The van der Waals surface area contributed by atoms with Crippen LogP contribution in [0, 0.1) is 0 Å². The third-order valence-electron chi connectivity index (χ3n) is 3.62. The van der Waals surface area contributed by atoms with Crippen LogP contribution in [0.4, 0.5) is 0 Å². The fraction of sp³-hybridized carbons (Fsp3) is 0.538. The van der Waals surface area contributed by atoms with Gasteiger partial charge in [0.05, 0.1) is 0 Å². The number of fused-ring (bicyclic) bond motifs is 1. The Morgan fingerprint density at radius 1 is 1.39 bits per heavy atom. The van der Waals surface area contributed by atoms with Gasteiger partial charge >= 0.3 is 0 Å². The van der Waals surface area contributed by atoms with E-state index in [-0.39, 0.29) is 0 Å². The third-order valence-corrected chi connectivity index (χ3v) is 3.62. The molecular formula is C13H19N5. The van der Waals surface area contributed by atoms with Crippen LogP contribution in [0.3, 0.4) is 0 Å². The molecule has 0 aliphatic carbocycles. The minimum atomic E-state index is 0.542. The van der Waals surface area contributed by atoms with Gasteiger partial charge in [-0.2, -0.15) is 0 Å². The molecule has 3 heterocycles. The zero-order chi connectivity index (χ0) is 12.4. The normalized spacial score (nSPS) is 20.4. The predicted octanol–water partition coefficient (Wildman–Crippen LogP) is 0.873. The van der Waals surface area contributed by atoms with Gasteiger partial charge in [-0.3, -0.25) is 4.40 Å². The minimum Gasteiger partial charge on any atom is -0.326 e. The number of nitrogens with zero attached hydrogens (tertiary/aromatic N) is 3. The first-order valence-corrected chi connectivity index (χ1v) is 6.63. The van der Waals surface area contributed by atoms with Gasteiger partial charge in [0.1, 0.15) is 5.82 Å². The van der Waals surface area contributed by atoms with E-state index in [0.29, 0.717) is 12.6 Å². The van der Waals surface area contributed by atoms with Crippen LogP contribution in [0.2, 0.25) is 0 Å². The smallest absolute Gasteiger partial charge is 0.161 e. The van der Waals surface area contributed by atoms with E-state index in [4.69, 9.17) is 5.73 Å². The van der Waals surface area contributed by atoms with Crippen molar-refractivity contribution in [2.75, 3.05) is 6.54 Å². The highest BCUT2D eigenvalue weighted by molar-refractivity contribution is 5.41. The average molecular weight is 245 g/mol. The van der Waals surface area contributed by atoms with Gasteiger partial charge in [-0.1, -0.05) is 6.42 Å². The Morgan fingerprint density at radius 3 is 3.11 bits per heavy atom. The van der Waals surface area contributed by atoms with Crippen LogP contribution >= 0.6 is 0 Å². The first-order chi connectivity index (χ1) is 8.86. The molecule has 1 fully saturated rings. The highest BCUT2D eigenvalue weighted by atomic mass is 15.2. The van der Waals surface area contributed by atoms with Crippen molar-refractivity contribution in [2.24, 2.45) is 5.73 Å². The first kappa shape index (κ1) is 11.6. The largest absolute Gasteiger partial charge is 0.326 e. The van der Waals surface area contributed by atoms with Crippen molar-refractivity contribution in [1.82, 2.24) is 19.9 Å². The lowest BCUT2D eigenvalue weighted by atomic mass is 10.0. The maximum atomic E-state index is 5.63. The second-order valence-corrected chi connectivity index (χ2v) is 4.93. The van der Waals surface area contributed by atoms with E-state index in [2.05, 4.69) is 19.9 Å². The molecule has 5 nitrogen and oxygen atoms in total. The zero-order valence-corrected chi connectivity index (χ0v) is 10.5. The van der Waals surface area contributed by atoms with Crippen LogP contribution in [0.1, 0.15) is 30.7 Å². The molecule has 1 atom stereocenters. The van der Waals surface area contributed by atoms with E-state index in [9.17, 15) is 0 Å². The molecule has 3 N–H and O–H groups in total. The van der Waals surface area contributed by atoms with Gasteiger partial charge in [-0.25, -0.2) is 0 Å². The van der Waals surface area contributed by atoms with Crippen molar-refractivity contribution < 1.29 is 0 Å². The summed E-state index contributed by atoms with van der Waals surface area (Å²) in [6.45, 7) is 1.67. The summed E-state index contributed by atoms with van der Waals surface area (Å²) in [7, 11) is 0. The Kier molecular flexibility index (Phi) is 3.25.